The molecule has 0 saturated heterocycles. The third-order valence-electron chi connectivity index (χ3n) is 9.20. The molecule has 2 aromatic carbocycles. The van der Waals surface area contributed by atoms with E-state index in [2.05, 4.69) is 52.0 Å². The summed E-state index contributed by atoms with van der Waals surface area (Å²) in [7, 11) is 0. The van der Waals surface area contributed by atoms with Crippen LogP contribution in [-0.4, -0.2) is 0 Å². The highest BCUT2D eigenvalue weighted by Crippen LogP contribution is 2.69. The topological polar surface area (TPSA) is 0 Å². The van der Waals surface area contributed by atoms with E-state index in [1.807, 2.05) is 0 Å². The molecule has 2 fully saturated rings. The number of hydrogen-bond donors (Lipinski definition) is 0. The van der Waals surface area contributed by atoms with Crippen LogP contribution in [0, 0.1) is 13.8 Å². The third-order valence-corrected chi connectivity index (χ3v) is 9.20. The minimum absolute atomic E-state index is 0.417. The predicted octanol–water partition coefficient (Wildman–Crippen LogP) is 8.51. The average molecular weight is 401 g/mol. The molecule has 0 heteroatoms. The third kappa shape index (κ3) is 2.71. The largest absolute Gasteiger partial charge is 0.0654 e. The van der Waals surface area contributed by atoms with Crippen LogP contribution in [0.5, 0.6) is 0 Å². The summed E-state index contributed by atoms with van der Waals surface area (Å²) in [6.45, 7) is 9.39. The highest BCUT2D eigenvalue weighted by molar-refractivity contribution is 5.81. The Morgan fingerprint density at radius 2 is 1.03 bits per heavy atom. The molecule has 0 aromatic heterocycles. The number of unbranched alkanes of at least 4 members (excludes halogenated alkanes) is 2. The summed E-state index contributed by atoms with van der Waals surface area (Å²) in [5.74, 6) is 0. The molecule has 0 amide bonds. The van der Waals surface area contributed by atoms with Crippen molar-refractivity contribution in [2.75, 3.05) is 0 Å². The Morgan fingerprint density at radius 3 is 1.40 bits per heavy atom. The summed E-state index contributed by atoms with van der Waals surface area (Å²) >= 11 is 0. The van der Waals surface area contributed by atoms with Crippen LogP contribution in [0.1, 0.15) is 111 Å². The van der Waals surface area contributed by atoms with Crippen molar-refractivity contribution in [3.63, 3.8) is 0 Å². The van der Waals surface area contributed by atoms with Gasteiger partial charge in [-0.1, -0.05) is 63.8 Å². The number of hydrogen-bond acceptors (Lipinski definition) is 0. The Balaban J connectivity index is 1.76. The molecule has 0 heterocycles. The van der Waals surface area contributed by atoms with Gasteiger partial charge in [0.2, 0.25) is 0 Å². The second-order valence-electron chi connectivity index (χ2n) is 10.7. The zero-order chi connectivity index (χ0) is 20.9. The van der Waals surface area contributed by atoms with Crippen molar-refractivity contribution in [3.05, 3.63) is 57.6 Å². The van der Waals surface area contributed by atoms with E-state index in [0.29, 0.717) is 10.8 Å². The van der Waals surface area contributed by atoms with E-state index in [1.54, 1.807) is 44.5 Å². The molecule has 2 aromatic rings. The van der Waals surface area contributed by atoms with Crippen molar-refractivity contribution in [3.8, 4) is 11.1 Å². The molecular weight excluding hydrogens is 360 g/mol. The molecule has 0 radical (unpaired) electrons. The van der Waals surface area contributed by atoms with Gasteiger partial charge in [0, 0.05) is 10.8 Å². The molecule has 30 heavy (non-hydrogen) atoms. The van der Waals surface area contributed by atoms with Crippen molar-refractivity contribution in [2.24, 2.45) is 0 Å². The lowest BCUT2D eigenvalue weighted by molar-refractivity contribution is 0.298. The summed E-state index contributed by atoms with van der Waals surface area (Å²) in [4.78, 5) is 0. The zero-order valence-corrected chi connectivity index (χ0v) is 19.8. The van der Waals surface area contributed by atoms with Gasteiger partial charge >= 0.3 is 0 Å². The summed E-state index contributed by atoms with van der Waals surface area (Å²) in [5.41, 5.74) is 13.8. The van der Waals surface area contributed by atoms with Gasteiger partial charge < -0.3 is 0 Å². The van der Waals surface area contributed by atoms with Crippen molar-refractivity contribution in [2.45, 2.75) is 116 Å². The second-order valence-corrected chi connectivity index (χ2v) is 10.7. The van der Waals surface area contributed by atoms with E-state index in [-0.39, 0.29) is 0 Å². The molecule has 3 aliphatic rings. The monoisotopic (exact) mass is 400 g/mol. The molecular formula is C30H40. The molecule has 0 atom stereocenters. The van der Waals surface area contributed by atoms with Crippen molar-refractivity contribution < 1.29 is 0 Å². The maximum atomic E-state index is 2.65. The van der Waals surface area contributed by atoms with Crippen LogP contribution < -0.4 is 0 Å². The first-order valence-electron chi connectivity index (χ1n) is 12.8. The van der Waals surface area contributed by atoms with Gasteiger partial charge in [-0.05, 0) is 110 Å². The maximum absolute atomic E-state index is 2.65. The lowest BCUT2D eigenvalue weighted by Crippen LogP contribution is -2.43. The Kier molecular flexibility index (Phi) is 5.11. The molecule has 0 bridgehead atoms. The van der Waals surface area contributed by atoms with E-state index in [4.69, 9.17) is 0 Å². The average Bonchev–Trinajstić information content (AvgIpc) is 3.29. The first-order chi connectivity index (χ1) is 14.6. The maximum Gasteiger partial charge on any atom is 0.00563 e. The van der Waals surface area contributed by atoms with Crippen molar-refractivity contribution in [1.82, 2.24) is 0 Å². The van der Waals surface area contributed by atoms with E-state index < -0.39 is 0 Å². The van der Waals surface area contributed by atoms with Crippen LogP contribution in [0.2, 0.25) is 0 Å². The zero-order valence-electron chi connectivity index (χ0n) is 19.8. The van der Waals surface area contributed by atoms with E-state index in [1.165, 1.54) is 77.0 Å². The second kappa shape index (κ2) is 7.54. The van der Waals surface area contributed by atoms with Crippen LogP contribution in [0.3, 0.4) is 0 Å². The predicted molar refractivity (Wildman–Crippen MR) is 130 cm³/mol. The normalized spacial score (nSPS) is 26.3. The van der Waals surface area contributed by atoms with Gasteiger partial charge in [0.05, 0.1) is 0 Å². The summed E-state index contributed by atoms with van der Waals surface area (Å²) < 4.78 is 0. The molecule has 0 spiro atoms. The van der Waals surface area contributed by atoms with Crippen molar-refractivity contribution in [1.29, 1.82) is 0 Å². The SMILES string of the molecule is CCCCc1cc2c(cc1C)C13CCCC1(CCC3)c1cc(C)c(CCCC)cc1-2. The number of aryl methyl sites for hydroxylation is 4. The van der Waals surface area contributed by atoms with Gasteiger partial charge in [-0.2, -0.15) is 0 Å². The first-order valence-corrected chi connectivity index (χ1v) is 12.8. The quantitative estimate of drug-likeness (QED) is 0.456. The summed E-state index contributed by atoms with van der Waals surface area (Å²) in [6, 6.07) is 10.6. The van der Waals surface area contributed by atoms with E-state index in [9.17, 15) is 0 Å². The Hall–Kier alpha value is -1.56. The molecule has 0 N–H and O–H groups in total. The smallest absolute Gasteiger partial charge is 0.00563 e. The summed E-state index contributed by atoms with van der Waals surface area (Å²) in [6.07, 6.45) is 16.1. The van der Waals surface area contributed by atoms with Crippen molar-refractivity contribution >= 4 is 0 Å². The van der Waals surface area contributed by atoms with Gasteiger partial charge in [-0.25, -0.2) is 0 Å². The highest BCUT2D eigenvalue weighted by atomic mass is 14.6. The fourth-order valence-electron chi connectivity index (χ4n) is 7.66. The van der Waals surface area contributed by atoms with Gasteiger partial charge in [-0.15, -0.1) is 0 Å². The molecule has 0 nitrogen and oxygen atoms in total. The highest BCUT2D eigenvalue weighted by Gasteiger charge is 2.62. The first kappa shape index (κ1) is 20.3. The standard InChI is InChI=1S/C30H40/c1-5-7-11-23-19-25-26-20-24(12-8-6-2)22(4)18-28(26)30-15-9-13-29(30,14-10-16-30)27(25)17-21(23)3/h17-20H,5-16H2,1-4H3. The van der Waals surface area contributed by atoms with Gasteiger partial charge in [0.1, 0.15) is 0 Å². The van der Waals surface area contributed by atoms with Crippen LogP contribution in [0.4, 0.5) is 0 Å². The Bertz CT molecular complexity index is 873. The number of fused-ring (bicyclic) bond motifs is 3. The number of benzene rings is 2. The Morgan fingerprint density at radius 1 is 0.633 bits per heavy atom. The van der Waals surface area contributed by atoms with Gasteiger partial charge in [-0.3, -0.25) is 0 Å². The van der Waals surface area contributed by atoms with Crippen LogP contribution in [0.25, 0.3) is 11.1 Å². The minimum atomic E-state index is 0.417. The van der Waals surface area contributed by atoms with Crippen LogP contribution in [0.15, 0.2) is 24.3 Å². The summed E-state index contributed by atoms with van der Waals surface area (Å²) in [5, 5.41) is 0. The molecule has 0 aliphatic heterocycles. The lowest BCUT2D eigenvalue weighted by Gasteiger charge is -2.48. The molecule has 2 saturated carbocycles. The fraction of sp³-hybridized carbons (Fsp3) is 0.600. The molecule has 3 aliphatic carbocycles. The van der Waals surface area contributed by atoms with Crippen LogP contribution >= 0.6 is 0 Å². The van der Waals surface area contributed by atoms with E-state index >= 15 is 0 Å². The minimum Gasteiger partial charge on any atom is -0.0654 e. The van der Waals surface area contributed by atoms with E-state index in [0.717, 1.165) is 0 Å². The lowest BCUT2D eigenvalue weighted by atomic mass is 9.55. The fourth-order valence-corrected chi connectivity index (χ4v) is 7.66. The van der Waals surface area contributed by atoms with Gasteiger partial charge in [0.15, 0.2) is 0 Å². The molecule has 5 rings (SSSR count). The Labute approximate surface area is 184 Å². The van der Waals surface area contributed by atoms with Gasteiger partial charge in [0.25, 0.3) is 0 Å². The van der Waals surface area contributed by atoms with Crippen LogP contribution in [-0.2, 0) is 23.7 Å². The number of rotatable bonds is 6. The molecule has 160 valence electrons. The molecule has 0 unspecified atom stereocenters.